The second-order valence-electron chi connectivity index (χ2n) is 7.57. The molecule has 0 atom stereocenters. The molecule has 0 spiro atoms. The number of aryl methyl sites for hydroxylation is 1. The summed E-state index contributed by atoms with van der Waals surface area (Å²) in [5.41, 5.74) is 3.18. The lowest BCUT2D eigenvalue weighted by Gasteiger charge is -2.07. The van der Waals surface area contributed by atoms with E-state index in [0.29, 0.717) is 37.7 Å². The zero-order valence-corrected chi connectivity index (χ0v) is 22.6. The summed E-state index contributed by atoms with van der Waals surface area (Å²) in [5.74, 6) is 0.195. The van der Waals surface area contributed by atoms with E-state index in [1.54, 1.807) is 49.0 Å². The molecule has 2 aromatic carbocycles. The molecule has 2 heterocycles. The molecule has 0 unspecified atom stereocenters. The lowest BCUT2D eigenvalue weighted by molar-refractivity contribution is -0.385. The van der Waals surface area contributed by atoms with Gasteiger partial charge in [-0.25, -0.2) is 9.78 Å². The van der Waals surface area contributed by atoms with Crippen LogP contribution in [0.25, 0.3) is 16.4 Å². The highest BCUT2D eigenvalue weighted by atomic mass is 35.5. The largest absolute Gasteiger partial charge is 0.464 e. The van der Waals surface area contributed by atoms with E-state index < -0.39 is 10.9 Å². The summed E-state index contributed by atoms with van der Waals surface area (Å²) < 4.78 is 7.45. The third-order valence-corrected chi connectivity index (χ3v) is 8.27. The quantitative estimate of drug-likeness (QED) is 0.0984. The minimum atomic E-state index is -0.611. The monoisotopic (exact) mass is 562 g/mol. The van der Waals surface area contributed by atoms with Crippen LogP contribution in [0.15, 0.2) is 46.7 Å². The molecular weight excluding hydrogens is 543 g/mol. The van der Waals surface area contributed by atoms with Gasteiger partial charge in [-0.1, -0.05) is 65.7 Å². The predicted octanol–water partition coefficient (Wildman–Crippen LogP) is 7.01. The highest BCUT2D eigenvalue weighted by Crippen LogP contribution is 2.40. The van der Waals surface area contributed by atoms with Gasteiger partial charge in [0.25, 0.3) is 5.69 Å². The average molecular weight is 563 g/mol. The number of rotatable bonds is 8. The predicted molar refractivity (Wildman–Crippen MR) is 143 cm³/mol. The number of hydrogen-bond acceptors (Lipinski definition) is 8. The standard InChI is InChI=1S/C24H20Cl2N4O4S2/c1-4-35-23-20(15-9-10-17(25)18(26)12-15)27-24(36-23)29-21(22(31)34-3)16(13(2)28-29)11-14-7-5-6-8-19(14)30(32)33/h5-10,12H,4,11H2,1-3H3. The van der Waals surface area contributed by atoms with E-state index >= 15 is 0 Å². The first-order valence-electron chi connectivity index (χ1n) is 10.7. The number of halogens is 2. The van der Waals surface area contributed by atoms with Crippen molar-refractivity contribution in [3.63, 3.8) is 0 Å². The smallest absolute Gasteiger partial charge is 0.357 e. The number of para-hydroxylation sites is 1. The van der Waals surface area contributed by atoms with E-state index in [1.807, 2.05) is 13.0 Å². The molecule has 0 N–H and O–H groups in total. The number of nitrogens with zero attached hydrogens (tertiary/aromatic N) is 4. The van der Waals surface area contributed by atoms with Crippen LogP contribution in [-0.4, -0.2) is 38.5 Å². The second kappa shape index (κ2) is 11.0. The number of carbonyl (C=O) groups is 1. The van der Waals surface area contributed by atoms with Crippen molar-refractivity contribution in [3.8, 4) is 16.4 Å². The van der Waals surface area contributed by atoms with Crippen molar-refractivity contribution in [1.29, 1.82) is 0 Å². The van der Waals surface area contributed by atoms with Crippen molar-refractivity contribution in [2.24, 2.45) is 0 Å². The third-order valence-electron chi connectivity index (χ3n) is 5.35. The Morgan fingerprint density at radius 2 is 1.97 bits per heavy atom. The van der Waals surface area contributed by atoms with E-state index in [2.05, 4.69) is 5.10 Å². The minimum Gasteiger partial charge on any atom is -0.464 e. The van der Waals surface area contributed by atoms with Gasteiger partial charge in [-0.05, 0) is 24.8 Å². The molecule has 0 bridgehead atoms. The van der Waals surface area contributed by atoms with Crippen LogP contribution >= 0.6 is 46.3 Å². The molecule has 0 aliphatic carbocycles. The summed E-state index contributed by atoms with van der Waals surface area (Å²) in [5, 5.41) is 17.5. The highest BCUT2D eigenvalue weighted by molar-refractivity contribution is 8.01. The SMILES string of the molecule is CCSc1sc(-n2nc(C)c(Cc3ccccc3[N+](=O)[O-])c2C(=O)OC)nc1-c1ccc(Cl)c(Cl)c1. The average Bonchev–Trinajstić information content (AvgIpc) is 3.42. The maximum Gasteiger partial charge on any atom is 0.357 e. The Balaban J connectivity index is 1.87. The Bertz CT molecular complexity index is 1470. The van der Waals surface area contributed by atoms with Gasteiger partial charge >= 0.3 is 5.97 Å². The molecule has 0 saturated carbocycles. The Labute approximate surface area is 225 Å². The van der Waals surface area contributed by atoms with Crippen molar-refractivity contribution in [2.75, 3.05) is 12.9 Å². The van der Waals surface area contributed by atoms with E-state index in [1.165, 1.54) is 29.2 Å². The lowest BCUT2D eigenvalue weighted by Crippen LogP contribution is -2.13. The molecule has 12 heteroatoms. The highest BCUT2D eigenvalue weighted by Gasteiger charge is 2.28. The first-order valence-corrected chi connectivity index (χ1v) is 13.3. The summed E-state index contributed by atoms with van der Waals surface area (Å²) in [6, 6.07) is 11.7. The maximum atomic E-state index is 12.9. The van der Waals surface area contributed by atoms with Crippen LogP contribution in [0, 0.1) is 17.0 Å². The molecular formula is C24H20Cl2N4O4S2. The summed E-state index contributed by atoms with van der Waals surface area (Å²) >= 11 is 15.3. The van der Waals surface area contributed by atoms with Crippen molar-refractivity contribution >= 4 is 58.0 Å². The first-order chi connectivity index (χ1) is 17.2. The first kappa shape index (κ1) is 26.2. The molecule has 0 aliphatic rings. The van der Waals surface area contributed by atoms with E-state index in [9.17, 15) is 14.9 Å². The van der Waals surface area contributed by atoms with E-state index in [0.717, 1.165) is 15.5 Å². The summed E-state index contributed by atoms with van der Waals surface area (Å²) in [4.78, 5) is 28.9. The van der Waals surface area contributed by atoms with Crippen molar-refractivity contribution in [1.82, 2.24) is 14.8 Å². The van der Waals surface area contributed by atoms with Crippen molar-refractivity contribution < 1.29 is 14.5 Å². The summed E-state index contributed by atoms with van der Waals surface area (Å²) in [6.07, 6.45) is 0.134. The number of nitro groups is 1. The van der Waals surface area contributed by atoms with Gasteiger partial charge in [-0.15, -0.1) is 11.8 Å². The fourth-order valence-corrected chi connectivity index (χ4v) is 6.14. The van der Waals surface area contributed by atoms with Gasteiger partial charge < -0.3 is 4.74 Å². The van der Waals surface area contributed by atoms with Gasteiger partial charge in [0.2, 0.25) is 5.13 Å². The second-order valence-corrected chi connectivity index (χ2v) is 10.9. The molecule has 186 valence electrons. The van der Waals surface area contributed by atoms with Crippen LogP contribution in [-0.2, 0) is 11.2 Å². The number of ether oxygens (including phenoxy) is 1. The van der Waals surface area contributed by atoms with Crippen LogP contribution in [0.2, 0.25) is 10.0 Å². The Morgan fingerprint density at radius 1 is 1.22 bits per heavy atom. The van der Waals surface area contributed by atoms with Crippen LogP contribution in [0.5, 0.6) is 0 Å². The van der Waals surface area contributed by atoms with Crippen molar-refractivity contribution in [2.45, 2.75) is 24.5 Å². The van der Waals surface area contributed by atoms with Crippen LogP contribution in [0.3, 0.4) is 0 Å². The topological polar surface area (TPSA) is 100 Å². The normalized spacial score (nSPS) is 11.0. The lowest BCUT2D eigenvalue weighted by atomic mass is 10.0. The number of nitro benzene ring substituents is 1. The Hall–Kier alpha value is -2.92. The molecule has 8 nitrogen and oxygen atoms in total. The Kier molecular flexibility index (Phi) is 7.99. The number of thioether (sulfide) groups is 1. The number of benzene rings is 2. The number of methoxy groups -OCH3 is 1. The molecule has 0 amide bonds. The number of carbonyl (C=O) groups excluding carboxylic acids is 1. The van der Waals surface area contributed by atoms with Gasteiger partial charge in [-0.2, -0.15) is 9.78 Å². The van der Waals surface area contributed by atoms with Gasteiger partial charge in [0.15, 0.2) is 5.69 Å². The number of esters is 1. The third kappa shape index (κ3) is 5.12. The maximum absolute atomic E-state index is 12.9. The fraction of sp³-hybridized carbons (Fsp3) is 0.208. The minimum absolute atomic E-state index is 0.0294. The summed E-state index contributed by atoms with van der Waals surface area (Å²) in [7, 11) is 1.28. The molecule has 4 rings (SSSR count). The number of hydrogen-bond donors (Lipinski definition) is 0. The zero-order valence-electron chi connectivity index (χ0n) is 19.4. The molecule has 0 saturated heterocycles. The van der Waals surface area contributed by atoms with Gasteiger partial charge in [-0.3, -0.25) is 10.1 Å². The summed E-state index contributed by atoms with van der Waals surface area (Å²) in [6.45, 7) is 3.79. The number of thiazole rings is 1. The van der Waals surface area contributed by atoms with E-state index in [4.69, 9.17) is 32.9 Å². The zero-order chi connectivity index (χ0) is 26.0. The van der Waals surface area contributed by atoms with Crippen LogP contribution in [0.1, 0.15) is 34.2 Å². The van der Waals surface area contributed by atoms with Crippen molar-refractivity contribution in [3.05, 3.63) is 85.1 Å². The van der Waals surface area contributed by atoms with E-state index in [-0.39, 0.29) is 17.8 Å². The Morgan fingerprint density at radius 3 is 2.64 bits per heavy atom. The fourth-order valence-electron chi connectivity index (χ4n) is 3.69. The molecule has 2 aromatic heterocycles. The number of aromatic nitrogens is 3. The van der Waals surface area contributed by atoms with Crippen LogP contribution in [0.4, 0.5) is 5.69 Å². The van der Waals surface area contributed by atoms with Crippen LogP contribution < -0.4 is 0 Å². The molecule has 0 radical (unpaired) electrons. The molecule has 0 aliphatic heterocycles. The van der Waals surface area contributed by atoms with Gasteiger partial charge in [0, 0.05) is 29.2 Å². The molecule has 4 aromatic rings. The van der Waals surface area contributed by atoms with Gasteiger partial charge in [0.1, 0.15) is 0 Å². The molecule has 36 heavy (non-hydrogen) atoms. The van der Waals surface area contributed by atoms with Gasteiger partial charge in [0.05, 0.1) is 37.7 Å². The molecule has 0 fully saturated rings.